The highest BCUT2D eigenvalue weighted by Gasteiger charge is 2.09. The van der Waals surface area contributed by atoms with Crippen LogP contribution in [-0.4, -0.2) is 23.2 Å². The van der Waals surface area contributed by atoms with Crippen LogP contribution in [0.5, 0.6) is 5.75 Å². The van der Waals surface area contributed by atoms with E-state index < -0.39 is 0 Å². The highest BCUT2D eigenvalue weighted by atomic mass is 16.5. The molecule has 0 saturated heterocycles. The molecular weight excluding hydrogens is 320 g/mol. The van der Waals surface area contributed by atoms with E-state index in [0.29, 0.717) is 18.3 Å². The van der Waals surface area contributed by atoms with Gasteiger partial charge in [-0.05, 0) is 42.5 Å². The van der Waals surface area contributed by atoms with Crippen molar-refractivity contribution < 1.29 is 13.9 Å². The van der Waals surface area contributed by atoms with Crippen molar-refractivity contribution in [1.82, 2.24) is 10.2 Å². The summed E-state index contributed by atoms with van der Waals surface area (Å²) >= 11 is 0. The zero-order valence-electron chi connectivity index (χ0n) is 13.9. The molecular formula is C18H18N4O3. The molecule has 3 aromatic rings. The lowest BCUT2D eigenvalue weighted by Gasteiger charge is -2.06. The van der Waals surface area contributed by atoms with Crippen LogP contribution in [0.15, 0.2) is 52.9 Å². The highest BCUT2D eigenvalue weighted by Crippen LogP contribution is 2.22. The normalized spacial score (nSPS) is 10.3. The quantitative estimate of drug-likeness (QED) is 0.717. The van der Waals surface area contributed by atoms with E-state index in [9.17, 15) is 4.79 Å². The minimum Gasteiger partial charge on any atom is -0.497 e. The van der Waals surface area contributed by atoms with Crippen LogP contribution >= 0.6 is 0 Å². The first kappa shape index (κ1) is 16.5. The number of carbonyl (C=O) groups is 1. The maximum Gasteiger partial charge on any atom is 0.247 e. The van der Waals surface area contributed by atoms with E-state index in [1.165, 1.54) is 6.92 Å². The highest BCUT2D eigenvalue weighted by molar-refractivity contribution is 5.89. The Morgan fingerprint density at radius 3 is 2.60 bits per heavy atom. The zero-order chi connectivity index (χ0) is 17.6. The molecule has 0 aliphatic rings. The number of nitrogens with one attached hydrogen (secondary N) is 2. The fraction of sp³-hybridized carbons (Fsp3) is 0.167. The van der Waals surface area contributed by atoms with E-state index in [4.69, 9.17) is 9.15 Å². The van der Waals surface area contributed by atoms with Gasteiger partial charge in [0, 0.05) is 23.9 Å². The smallest absolute Gasteiger partial charge is 0.247 e. The molecule has 1 amide bonds. The topological polar surface area (TPSA) is 89.3 Å². The Balaban J connectivity index is 1.64. The first-order valence-electron chi connectivity index (χ1n) is 7.72. The van der Waals surface area contributed by atoms with E-state index >= 15 is 0 Å². The fourth-order valence-corrected chi connectivity index (χ4v) is 2.26. The average Bonchev–Trinajstić information content (AvgIpc) is 3.09. The van der Waals surface area contributed by atoms with Crippen molar-refractivity contribution in [3.05, 3.63) is 54.4 Å². The number of anilines is 2. The van der Waals surface area contributed by atoms with Gasteiger partial charge in [0.2, 0.25) is 17.7 Å². The molecule has 1 aromatic heterocycles. The van der Waals surface area contributed by atoms with Crippen molar-refractivity contribution in [1.29, 1.82) is 0 Å². The second-order valence-corrected chi connectivity index (χ2v) is 5.34. The predicted octanol–water partition coefficient (Wildman–Crippen LogP) is 3.32. The third kappa shape index (κ3) is 4.35. The van der Waals surface area contributed by atoms with Gasteiger partial charge < -0.3 is 19.8 Å². The summed E-state index contributed by atoms with van der Waals surface area (Å²) in [6.07, 6.45) is 0. The minimum absolute atomic E-state index is 0.113. The molecule has 0 saturated carbocycles. The number of carbonyl (C=O) groups excluding carboxylic acids is 1. The molecule has 0 atom stereocenters. The van der Waals surface area contributed by atoms with E-state index in [0.717, 1.165) is 22.7 Å². The van der Waals surface area contributed by atoms with E-state index in [-0.39, 0.29) is 5.91 Å². The fourth-order valence-electron chi connectivity index (χ4n) is 2.26. The molecule has 128 valence electrons. The second-order valence-electron chi connectivity index (χ2n) is 5.34. The van der Waals surface area contributed by atoms with Crippen LogP contribution in [0.2, 0.25) is 0 Å². The van der Waals surface area contributed by atoms with Gasteiger partial charge in [0.15, 0.2) is 0 Å². The van der Waals surface area contributed by atoms with Gasteiger partial charge >= 0.3 is 0 Å². The molecule has 0 aliphatic carbocycles. The van der Waals surface area contributed by atoms with Gasteiger partial charge in [-0.25, -0.2) is 0 Å². The van der Waals surface area contributed by atoms with Gasteiger partial charge in [-0.3, -0.25) is 4.79 Å². The largest absolute Gasteiger partial charge is 0.497 e. The van der Waals surface area contributed by atoms with Crippen molar-refractivity contribution in [2.75, 3.05) is 17.7 Å². The Morgan fingerprint density at radius 2 is 1.88 bits per heavy atom. The van der Waals surface area contributed by atoms with Gasteiger partial charge in [-0.1, -0.05) is 6.07 Å². The van der Waals surface area contributed by atoms with E-state index in [2.05, 4.69) is 20.8 Å². The van der Waals surface area contributed by atoms with Crippen LogP contribution in [0.25, 0.3) is 11.5 Å². The number of benzene rings is 2. The first-order valence-corrected chi connectivity index (χ1v) is 7.72. The Bertz CT molecular complexity index is 859. The number of nitrogens with zero attached hydrogens (tertiary/aromatic N) is 2. The lowest BCUT2D eigenvalue weighted by Crippen LogP contribution is -2.06. The lowest BCUT2D eigenvalue weighted by molar-refractivity contribution is -0.114. The third-order valence-electron chi connectivity index (χ3n) is 3.43. The molecule has 3 rings (SSSR count). The molecule has 0 unspecified atom stereocenters. The predicted molar refractivity (Wildman–Crippen MR) is 94.4 cm³/mol. The molecule has 0 fully saturated rings. The van der Waals surface area contributed by atoms with E-state index in [1.54, 1.807) is 7.11 Å². The maximum atomic E-state index is 11.1. The molecule has 0 radical (unpaired) electrons. The van der Waals surface area contributed by atoms with Crippen LogP contribution in [-0.2, 0) is 11.3 Å². The second kappa shape index (κ2) is 7.48. The molecule has 7 heteroatoms. The standard InChI is InChI=1S/C18H18N4O3/c1-12(23)20-15-5-3-4-14(10-15)19-11-17-21-22-18(25-17)13-6-8-16(24-2)9-7-13/h3-10,19H,11H2,1-2H3,(H,20,23). The van der Waals surface area contributed by atoms with Crippen LogP contribution in [0, 0.1) is 0 Å². The summed E-state index contributed by atoms with van der Waals surface area (Å²) < 4.78 is 10.8. The summed E-state index contributed by atoms with van der Waals surface area (Å²) in [4.78, 5) is 11.1. The number of rotatable bonds is 6. The van der Waals surface area contributed by atoms with Crippen LogP contribution < -0.4 is 15.4 Å². The molecule has 0 bridgehead atoms. The van der Waals surface area contributed by atoms with Crippen molar-refractivity contribution in [3.63, 3.8) is 0 Å². The summed E-state index contributed by atoms with van der Waals surface area (Å²) in [6, 6.07) is 14.8. The summed E-state index contributed by atoms with van der Waals surface area (Å²) in [6.45, 7) is 1.85. The Labute approximate surface area is 145 Å². The molecule has 2 N–H and O–H groups in total. The molecule has 0 spiro atoms. The number of hydrogen-bond acceptors (Lipinski definition) is 6. The Morgan fingerprint density at radius 1 is 1.12 bits per heavy atom. The van der Waals surface area contributed by atoms with Gasteiger partial charge in [0.25, 0.3) is 0 Å². The number of hydrogen-bond donors (Lipinski definition) is 2. The number of amides is 1. The van der Waals surface area contributed by atoms with Gasteiger partial charge in [-0.15, -0.1) is 10.2 Å². The summed E-state index contributed by atoms with van der Waals surface area (Å²) in [7, 11) is 1.62. The molecule has 2 aromatic carbocycles. The van der Waals surface area contributed by atoms with E-state index in [1.807, 2.05) is 48.5 Å². The molecule has 7 nitrogen and oxygen atoms in total. The average molecular weight is 338 g/mol. The molecule has 25 heavy (non-hydrogen) atoms. The Hall–Kier alpha value is -3.35. The van der Waals surface area contributed by atoms with Crippen LogP contribution in [0.4, 0.5) is 11.4 Å². The van der Waals surface area contributed by atoms with Crippen LogP contribution in [0.3, 0.4) is 0 Å². The zero-order valence-corrected chi connectivity index (χ0v) is 13.9. The van der Waals surface area contributed by atoms with Gasteiger partial charge in [0.05, 0.1) is 13.7 Å². The van der Waals surface area contributed by atoms with Crippen molar-refractivity contribution in [3.8, 4) is 17.2 Å². The third-order valence-corrected chi connectivity index (χ3v) is 3.43. The molecule has 1 heterocycles. The van der Waals surface area contributed by atoms with Crippen molar-refractivity contribution >= 4 is 17.3 Å². The summed E-state index contributed by atoms with van der Waals surface area (Å²) in [5.41, 5.74) is 2.39. The van der Waals surface area contributed by atoms with Crippen molar-refractivity contribution in [2.24, 2.45) is 0 Å². The lowest BCUT2D eigenvalue weighted by atomic mass is 10.2. The number of ether oxygens (including phenoxy) is 1. The number of aromatic nitrogens is 2. The number of methoxy groups -OCH3 is 1. The first-order chi connectivity index (χ1) is 12.1. The monoisotopic (exact) mass is 338 g/mol. The SMILES string of the molecule is COc1ccc(-c2nnc(CNc3cccc(NC(C)=O)c3)o2)cc1. The van der Waals surface area contributed by atoms with Gasteiger partial charge in [-0.2, -0.15) is 0 Å². The Kier molecular flexibility index (Phi) is 4.94. The summed E-state index contributed by atoms with van der Waals surface area (Å²) in [5, 5.41) is 14.0. The van der Waals surface area contributed by atoms with Crippen LogP contribution in [0.1, 0.15) is 12.8 Å². The van der Waals surface area contributed by atoms with Crippen molar-refractivity contribution in [2.45, 2.75) is 13.5 Å². The maximum absolute atomic E-state index is 11.1. The summed E-state index contributed by atoms with van der Waals surface area (Å²) in [5.74, 6) is 1.57. The minimum atomic E-state index is -0.113. The molecule has 0 aliphatic heterocycles. The van der Waals surface area contributed by atoms with Gasteiger partial charge in [0.1, 0.15) is 5.75 Å².